The number of hydrogen-bond acceptors (Lipinski definition) is 6. The third kappa shape index (κ3) is 2.69. The largest absolute Gasteiger partial charge is 0.441 e. The second-order valence-corrected chi connectivity index (χ2v) is 7.44. The molecule has 0 bridgehead atoms. The van der Waals surface area contributed by atoms with E-state index in [0.29, 0.717) is 5.69 Å². The van der Waals surface area contributed by atoms with E-state index in [2.05, 4.69) is 21.3 Å². The molecule has 4 rings (SSSR count). The number of guanidine groups is 2. The molecule has 3 heterocycles. The molecule has 11 nitrogen and oxygen atoms in total. The number of aliphatic hydroxyl groups is 2. The highest BCUT2D eigenvalue weighted by Crippen LogP contribution is 2.47. The number of carbonyl (C=O) groups excluding carboxylic acids is 1. The van der Waals surface area contributed by atoms with Gasteiger partial charge in [-0.05, 0) is 18.6 Å². The fourth-order valence-electron chi connectivity index (χ4n) is 4.69. The van der Waals surface area contributed by atoms with E-state index >= 15 is 0 Å². The van der Waals surface area contributed by atoms with E-state index in [1.165, 1.54) is 0 Å². The highest BCUT2D eigenvalue weighted by molar-refractivity contribution is 5.88. The molecule has 1 spiro atoms. The summed E-state index contributed by atoms with van der Waals surface area (Å²) in [4.78, 5) is 14.0. The molecule has 1 aromatic carbocycles. The number of nitrogens with zero attached hydrogens (tertiary/aromatic N) is 1. The molecule has 3 fully saturated rings. The van der Waals surface area contributed by atoms with E-state index in [-0.39, 0.29) is 31.5 Å². The van der Waals surface area contributed by atoms with Gasteiger partial charge in [-0.2, -0.15) is 0 Å². The van der Waals surface area contributed by atoms with Crippen molar-refractivity contribution in [3.63, 3.8) is 0 Å². The normalized spacial score (nSPS) is 35.1. The van der Waals surface area contributed by atoms with Crippen LogP contribution in [0.25, 0.3) is 0 Å². The van der Waals surface area contributed by atoms with Crippen LogP contribution >= 0.6 is 0 Å². The van der Waals surface area contributed by atoms with E-state index in [1.807, 2.05) is 6.07 Å². The Kier molecular flexibility index (Phi) is 4.50. The molecular formula is C18H25N7O4. The number of aliphatic hydroxyl groups excluding tert-OH is 1. The number of amides is 1. The van der Waals surface area contributed by atoms with Crippen LogP contribution in [0.5, 0.6) is 0 Å². The van der Waals surface area contributed by atoms with Crippen molar-refractivity contribution < 1.29 is 19.7 Å². The fraction of sp³-hybridized carbons (Fsp3) is 0.500. The van der Waals surface area contributed by atoms with Crippen LogP contribution < -0.4 is 21.3 Å². The highest BCUT2D eigenvalue weighted by Gasteiger charge is 2.74. The van der Waals surface area contributed by atoms with Crippen LogP contribution in [0.4, 0.5) is 10.5 Å². The molecule has 8 N–H and O–H groups in total. The molecule has 3 aliphatic rings. The summed E-state index contributed by atoms with van der Waals surface area (Å²) in [5.74, 6) is -0.0537. The Balaban J connectivity index is 1.65. The minimum Gasteiger partial charge on any atom is -0.441 e. The van der Waals surface area contributed by atoms with Gasteiger partial charge in [-0.15, -0.1) is 0 Å². The van der Waals surface area contributed by atoms with Gasteiger partial charge in [-0.25, -0.2) is 4.79 Å². The predicted molar refractivity (Wildman–Crippen MR) is 105 cm³/mol. The molecule has 0 radical (unpaired) electrons. The molecule has 1 aromatic rings. The SMILES string of the molecule is CC[C@]1(O)[C@@H](OC(=O)Nc2ccccc2)CN2C(=N)N[C@@H](CO)C3NC(=N)NC321. The molecular weight excluding hydrogens is 378 g/mol. The Morgan fingerprint density at radius 2 is 2.07 bits per heavy atom. The Bertz CT molecular complexity index is 837. The lowest BCUT2D eigenvalue weighted by Crippen LogP contribution is -2.80. The minimum atomic E-state index is -1.62. The summed E-state index contributed by atoms with van der Waals surface area (Å²) in [6.45, 7) is 1.50. The van der Waals surface area contributed by atoms with Crippen molar-refractivity contribution >= 4 is 23.7 Å². The van der Waals surface area contributed by atoms with Gasteiger partial charge >= 0.3 is 6.09 Å². The average molecular weight is 403 g/mol. The zero-order valence-electron chi connectivity index (χ0n) is 15.9. The number of anilines is 1. The maximum atomic E-state index is 12.5. The molecule has 5 atom stereocenters. The third-order valence-electron chi connectivity index (χ3n) is 6.03. The minimum absolute atomic E-state index is 0.0225. The van der Waals surface area contributed by atoms with Crippen LogP contribution in [0.2, 0.25) is 0 Å². The van der Waals surface area contributed by atoms with Crippen LogP contribution in [0.3, 0.4) is 0 Å². The maximum Gasteiger partial charge on any atom is 0.412 e. The summed E-state index contributed by atoms with van der Waals surface area (Å²) in [6, 6.07) is 7.58. The van der Waals surface area contributed by atoms with Crippen LogP contribution in [0.15, 0.2) is 30.3 Å². The predicted octanol–water partition coefficient (Wildman–Crippen LogP) is -0.848. The molecule has 2 unspecified atom stereocenters. The zero-order valence-corrected chi connectivity index (χ0v) is 15.9. The van der Waals surface area contributed by atoms with Crippen molar-refractivity contribution in [1.82, 2.24) is 20.9 Å². The van der Waals surface area contributed by atoms with Gasteiger partial charge in [0.2, 0.25) is 0 Å². The van der Waals surface area contributed by atoms with Crippen LogP contribution in [0, 0.1) is 10.8 Å². The molecule has 11 heteroatoms. The van der Waals surface area contributed by atoms with Crippen LogP contribution in [0.1, 0.15) is 13.3 Å². The Labute approximate surface area is 167 Å². The van der Waals surface area contributed by atoms with Gasteiger partial charge in [-0.1, -0.05) is 25.1 Å². The van der Waals surface area contributed by atoms with Crippen molar-refractivity contribution in [1.29, 1.82) is 10.8 Å². The molecule has 29 heavy (non-hydrogen) atoms. The lowest BCUT2D eigenvalue weighted by atomic mass is 9.76. The zero-order chi connectivity index (χ0) is 20.8. The number of hydrogen-bond donors (Lipinski definition) is 8. The summed E-state index contributed by atoms with van der Waals surface area (Å²) >= 11 is 0. The number of ether oxygens (including phenoxy) is 1. The molecule has 156 valence electrons. The molecule has 0 aliphatic carbocycles. The second kappa shape index (κ2) is 6.78. The standard InChI is InChI=1S/C18H25N7O4/c1-2-17(28)12(29-16(27)21-10-6-4-3-5-7-10)8-25-15(20)22-11(9-26)13-18(17,25)24-14(19)23-13/h3-7,11-13,26,28H,2,8-9H2,1H3,(H2,20,22)(H,21,27)(H3,19,23,24)/t11-,12-,13?,17-,18?/m0/s1. The second-order valence-electron chi connectivity index (χ2n) is 7.44. The number of carbonyl (C=O) groups is 1. The first kappa shape index (κ1) is 19.3. The molecule has 0 saturated carbocycles. The van der Waals surface area contributed by atoms with E-state index in [1.54, 1.807) is 36.1 Å². The Morgan fingerprint density at radius 3 is 2.72 bits per heavy atom. The van der Waals surface area contributed by atoms with Crippen molar-refractivity contribution in [3.8, 4) is 0 Å². The van der Waals surface area contributed by atoms with Gasteiger partial charge in [0, 0.05) is 5.69 Å². The summed E-state index contributed by atoms with van der Waals surface area (Å²) < 4.78 is 5.60. The van der Waals surface area contributed by atoms with E-state index in [0.717, 1.165) is 0 Å². The first-order valence-corrected chi connectivity index (χ1v) is 9.47. The van der Waals surface area contributed by atoms with Crippen molar-refractivity contribution in [2.75, 3.05) is 18.5 Å². The average Bonchev–Trinajstić information content (AvgIpc) is 3.18. The lowest BCUT2D eigenvalue weighted by Gasteiger charge is -2.52. The molecule has 3 saturated heterocycles. The van der Waals surface area contributed by atoms with Gasteiger partial charge in [0.05, 0.1) is 25.2 Å². The van der Waals surface area contributed by atoms with E-state index in [4.69, 9.17) is 15.6 Å². The first-order chi connectivity index (χ1) is 13.9. The van der Waals surface area contributed by atoms with Gasteiger partial charge in [0.1, 0.15) is 5.60 Å². The monoisotopic (exact) mass is 403 g/mol. The fourth-order valence-corrected chi connectivity index (χ4v) is 4.69. The van der Waals surface area contributed by atoms with Gasteiger partial charge < -0.3 is 35.8 Å². The Morgan fingerprint density at radius 1 is 1.34 bits per heavy atom. The molecule has 0 aromatic heterocycles. The van der Waals surface area contributed by atoms with Gasteiger partial charge in [-0.3, -0.25) is 16.1 Å². The van der Waals surface area contributed by atoms with Crippen LogP contribution in [-0.4, -0.2) is 75.7 Å². The number of nitrogens with one attached hydrogen (secondary N) is 6. The number of rotatable bonds is 4. The maximum absolute atomic E-state index is 12.5. The summed E-state index contributed by atoms with van der Waals surface area (Å²) in [5, 5.41) is 49.4. The number of benzene rings is 1. The first-order valence-electron chi connectivity index (χ1n) is 9.47. The lowest BCUT2D eigenvalue weighted by molar-refractivity contribution is -0.122. The highest BCUT2D eigenvalue weighted by atomic mass is 16.6. The van der Waals surface area contributed by atoms with E-state index < -0.39 is 35.5 Å². The molecule has 1 amide bonds. The van der Waals surface area contributed by atoms with Crippen LogP contribution in [-0.2, 0) is 4.74 Å². The third-order valence-corrected chi connectivity index (χ3v) is 6.03. The van der Waals surface area contributed by atoms with Crippen molar-refractivity contribution in [3.05, 3.63) is 30.3 Å². The number of para-hydroxylation sites is 1. The van der Waals surface area contributed by atoms with Gasteiger partial charge in [0.15, 0.2) is 23.7 Å². The van der Waals surface area contributed by atoms with Crippen molar-refractivity contribution in [2.24, 2.45) is 0 Å². The van der Waals surface area contributed by atoms with Crippen molar-refractivity contribution in [2.45, 2.75) is 42.8 Å². The summed E-state index contributed by atoms with van der Waals surface area (Å²) in [6.07, 6.45) is -1.50. The van der Waals surface area contributed by atoms with Gasteiger partial charge in [0.25, 0.3) is 0 Å². The summed E-state index contributed by atoms with van der Waals surface area (Å²) in [7, 11) is 0. The van der Waals surface area contributed by atoms with E-state index in [9.17, 15) is 15.0 Å². The quantitative estimate of drug-likeness (QED) is 0.322. The molecule has 3 aliphatic heterocycles. The summed E-state index contributed by atoms with van der Waals surface area (Å²) in [5.41, 5.74) is -2.38. The smallest absolute Gasteiger partial charge is 0.412 e. The Hall–Kier alpha value is -3.05. The topological polar surface area (TPSA) is 166 Å².